The van der Waals surface area contributed by atoms with E-state index in [1.54, 1.807) is 6.26 Å². The smallest absolute Gasteiger partial charge is 0.141 e. The number of furan rings is 2. The van der Waals surface area contributed by atoms with Crippen molar-refractivity contribution in [2.45, 2.75) is 19.3 Å². The third kappa shape index (κ3) is 3.88. The lowest BCUT2D eigenvalue weighted by Gasteiger charge is -2.24. The average molecular weight is 653 g/mol. The van der Waals surface area contributed by atoms with Crippen molar-refractivity contribution in [2.75, 3.05) is 0 Å². The standard InChI is InChI=1S/C49H32O2/c1-49(2)41-27-40-43(28-39(41)36-21-11-20-31(47(36)49)29-13-4-3-5-14-29)51-42-24-12-22-37(46(40)42)44-32-16-6-8-18-34(32)45(35-19-9-7-17-33(35)44)38-23-10-15-30-25-26-50-48(30)38/h3-28H,1-2H3. The van der Waals surface area contributed by atoms with Crippen molar-refractivity contribution >= 4 is 54.5 Å². The molecule has 0 fully saturated rings. The molecule has 1 aliphatic rings. The van der Waals surface area contributed by atoms with Crippen LogP contribution >= 0.6 is 0 Å². The predicted molar refractivity (Wildman–Crippen MR) is 212 cm³/mol. The Kier molecular flexibility index (Phi) is 5.76. The Morgan fingerprint density at radius 3 is 1.80 bits per heavy atom. The third-order valence-electron chi connectivity index (χ3n) is 11.3. The summed E-state index contributed by atoms with van der Waals surface area (Å²) in [7, 11) is 0. The van der Waals surface area contributed by atoms with E-state index in [0.717, 1.165) is 38.5 Å². The Bertz CT molecular complexity index is 2990. The summed E-state index contributed by atoms with van der Waals surface area (Å²) in [6.07, 6.45) is 1.79. The molecular formula is C49H32O2. The van der Waals surface area contributed by atoms with Crippen molar-refractivity contribution in [1.82, 2.24) is 0 Å². The van der Waals surface area contributed by atoms with Gasteiger partial charge in [0, 0.05) is 32.7 Å². The summed E-state index contributed by atoms with van der Waals surface area (Å²) in [5.74, 6) is 0. The molecule has 240 valence electrons. The van der Waals surface area contributed by atoms with Crippen molar-refractivity contribution in [3.05, 3.63) is 169 Å². The normalized spacial score (nSPS) is 13.5. The second-order valence-corrected chi connectivity index (χ2v) is 14.4. The van der Waals surface area contributed by atoms with Gasteiger partial charge < -0.3 is 8.83 Å². The zero-order valence-corrected chi connectivity index (χ0v) is 28.3. The van der Waals surface area contributed by atoms with E-state index < -0.39 is 0 Å². The van der Waals surface area contributed by atoms with Crippen LogP contribution in [-0.4, -0.2) is 0 Å². The van der Waals surface area contributed by atoms with Crippen LogP contribution in [0.5, 0.6) is 0 Å². The number of fused-ring (bicyclic) bond motifs is 9. The largest absolute Gasteiger partial charge is 0.464 e. The number of hydrogen-bond acceptors (Lipinski definition) is 2. The van der Waals surface area contributed by atoms with Crippen molar-refractivity contribution in [2.24, 2.45) is 0 Å². The number of hydrogen-bond donors (Lipinski definition) is 0. The highest BCUT2D eigenvalue weighted by molar-refractivity contribution is 6.26. The molecule has 0 N–H and O–H groups in total. The number of para-hydroxylation sites is 1. The molecule has 0 spiro atoms. The fraction of sp³-hybridized carbons (Fsp3) is 0.0612. The van der Waals surface area contributed by atoms with Gasteiger partial charge in [0.15, 0.2) is 0 Å². The fourth-order valence-electron chi connectivity index (χ4n) is 9.16. The summed E-state index contributed by atoms with van der Waals surface area (Å²) in [6.45, 7) is 4.75. The molecule has 1 aliphatic carbocycles. The average Bonchev–Trinajstić information content (AvgIpc) is 3.86. The molecule has 0 atom stereocenters. The molecule has 0 saturated carbocycles. The summed E-state index contributed by atoms with van der Waals surface area (Å²) in [5, 5.41) is 8.22. The van der Waals surface area contributed by atoms with Crippen LogP contribution in [0.1, 0.15) is 25.0 Å². The highest BCUT2D eigenvalue weighted by atomic mass is 16.3. The van der Waals surface area contributed by atoms with Crippen LogP contribution in [0.4, 0.5) is 0 Å². The summed E-state index contributed by atoms with van der Waals surface area (Å²) in [6, 6.07) is 54.9. The molecule has 10 aromatic rings. The summed E-state index contributed by atoms with van der Waals surface area (Å²) in [5.41, 5.74) is 15.0. The molecule has 0 unspecified atom stereocenters. The monoisotopic (exact) mass is 652 g/mol. The summed E-state index contributed by atoms with van der Waals surface area (Å²) < 4.78 is 12.9. The molecule has 0 radical (unpaired) electrons. The molecule has 2 heteroatoms. The third-order valence-corrected chi connectivity index (χ3v) is 11.3. The number of rotatable bonds is 3. The van der Waals surface area contributed by atoms with E-state index in [1.807, 2.05) is 6.07 Å². The van der Waals surface area contributed by atoms with Gasteiger partial charge in [-0.2, -0.15) is 0 Å². The Balaban J connectivity index is 1.21. The van der Waals surface area contributed by atoms with Crippen LogP contribution in [-0.2, 0) is 5.41 Å². The molecule has 0 amide bonds. The van der Waals surface area contributed by atoms with Crippen LogP contribution in [0.2, 0.25) is 0 Å². The van der Waals surface area contributed by atoms with Crippen molar-refractivity contribution in [3.63, 3.8) is 0 Å². The van der Waals surface area contributed by atoms with E-state index in [2.05, 4.69) is 159 Å². The van der Waals surface area contributed by atoms with Crippen LogP contribution in [0.3, 0.4) is 0 Å². The van der Waals surface area contributed by atoms with Crippen LogP contribution in [0.25, 0.3) is 99.0 Å². The first-order valence-corrected chi connectivity index (χ1v) is 17.7. The molecule has 0 bridgehead atoms. The maximum Gasteiger partial charge on any atom is 0.141 e. The number of benzene rings is 8. The van der Waals surface area contributed by atoms with Gasteiger partial charge in [-0.05, 0) is 90.3 Å². The molecule has 0 saturated heterocycles. The first kappa shape index (κ1) is 28.5. The molecule has 51 heavy (non-hydrogen) atoms. The maximum absolute atomic E-state index is 6.78. The first-order chi connectivity index (χ1) is 25.1. The minimum atomic E-state index is -0.197. The van der Waals surface area contributed by atoms with Gasteiger partial charge in [-0.1, -0.05) is 141 Å². The van der Waals surface area contributed by atoms with E-state index in [9.17, 15) is 0 Å². The molecule has 2 aromatic heterocycles. The lowest BCUT2D eigenvalue weighted by Crippen LogP contribution is -2.16. The lowest BCUT2D eigenvalue weighted by atomic mass is 9.78. The second kappa shape index (κ2) is 10.3. The van der Waals surface area contributed by atoms with Gasteiger partial charge in [0.05, 0.1) is 6.26 Å². The topological polar surface area (TPSA) is 26.3 Å². The highest BCUT2D eigenvalue weighted by Gasteiger charge is 2.38. The van der Waals surface area contributed by atoms with E-state index in [4.69, 9.17) is 8.83 Å². The van der Waals surface area contributed by atoms with Gasteiger partial charge >= 0.3 is 0 Å². The van der Waals surface area contributed by atoms with Crippen LogP contribution < -0.4 is 0 Å². The van der Waals surface area contributed by atoms with Crippen LogP contribution in [0.15, 0.2) is 167 Å². The first-order valence-electron chi connectivity index (χ1n) is 17.7. The quantitative estimate of drug-likeness (QED) is 0.178. The molecule has 2 heterocycles. The summed E-state index contributed by atoms with van der Waals surface area (Å²) in [4.78, 5) is 0. The Hall–Kier alpha value is -6.38. The Morgan fingerprint density at radius 1 is 0.451 bits per heavy atom. The van der Waals surface area contributed by atoms with E-state index >= 15 is 0 Å². The van der Waals surface area contributed by atoms with Gasteiger partial charge in [0.2, 0.25) is 0 Å². The van der Waals surface area contributed by atoms with Crippen molar-refractivity contribution in [1.29, 1.82) is 0 Å². The van der Waals surface area contributed by atoms with Crippen molar-refractivity contribution < 1.29 is 8.83 Å². The highest BCUT2D eigenvalue weighted by Crippen LogP contribution is 2.55. The minimum absolute atomic E-state index is 0.197. The van der Waals surface area contributed by atoms with Gasteiger partial charge in [-0.15, -0.1) is 0 Å². The molecule has 0 aliphatic heterocycles. The molecule has 8 aromatic carbocycles. The van der Waals surface area contributed by atoms with Crippen molar-refractivity contribution in [3.8, 4) is 44.5 Å². The van der Waals surface area contributed by atoms with Crippen LogP contribution in [0, 0.1) is 0 Å². The van der Waals surface area contributed by atoms with E-state index in [1.165, 1.54) is 71.6 Å². The molecule has 11 rings (SSSR count). The van der Waals surface area contributed by atoms with E-state index in [-0.39, 0.29) is 5.41 Å². The Labute approximate surface area is 295 Å². The fourth-order valence-corrected chi connectivity index (χ4v) is 9.16. The Morgan fingerprint density at radius 2 is 1.06 bits per heavy atom. The molecular weight excluding hydrogens is 621 g/mol. The SMILES string of the molecule is CC1(C)c2cc3c(cc2-c2cccc(-c4ccccc4)c21)oc1cccc(-c2c4ccccc4c(-c4cccc5ccoc45)c4ccccc24)c13. The molecule has 2 nitrogen and oxygen atoms in total. The lowest BCUT2D eigenvalue weighted by molar-refractivity contribution is 0.617. The van der Waals surface area contributed by atoms with E-state index in [0.29, 0.717) is 0 Å². The predicted octanol–water partition coefficient (Wildman–Crippen LogP) is 13.9. The van der Waals surface area contributed by atoms with Gasteiger partial charge in [-0.25, -0.2) is 0 Å². The summed E-state index contributed by atoms with van der Waals surface area (Å²) >= 11 is 0. The second-order valence-electron chi connectivity index (χ2n) is 14.4. The maximum atomic E-state index is 6.78. The minimum Gasteiger partial charge on any atom is -0.464 e. The van der Waals surface area contributed by atoms with Gasteiger partial charge in [0.25, 0.3) is 0 Å². The zero-order valence-electron chi connectivity index (χ0n) is 28.3. The zero-order chi connectivity index (χ0) is 33.8. The van der Waals surface area contributed by atoms with Gasteiger partial charge in [-0.3, -0.25) is 0 Å². The van der Waals surface area contributed by atoms with Gasteiger partial charge in [0.1, 0.15) is 16.7 Å².